The molecule has 352 valence electrons. The number of rotatable bonds is 12. The summed E-state index contributed by atoms with van der Waals surface area (Å²) < 4.78 is 0. The molecule has 0 unspecified atom stereocenters. The van der Waals surface area contributed by atoms with E-state index in [-0.39, 0.29) is 26.2 Å². The summed E-state index contributed by atoms with van der Waals surface area (Å²) in [6.07, 6.45) is 9.87. The molecule has 0 nitrogen and oxygen atoms in total. The van der Waals surface area contributed by atoms with Gasteiger partial charge >= 0.3 is 26.2 Å². The average Bonchev–Trinajstić information content (AvgIpc) is 4.06. The van der Waals surface area contributed by atoms with Gasteiger partial charge in [0.25, 0.3) is 0 Å². The zero-order valence-corrected chi connectivity index (χ0v) is 45.9. The zero-order chi connectivity index (χ0) is 48.5. The van der Waals surface area contributed by atoms with Crippen LogP contribution < -0.4 is 0 Å². The molecule has 0 amide bonds. The number of hydrogen-bond donors (Lipinski definition) is 0. The Balaban J connectivity index is 0.000000167. The normalized spacial score (nSPS) is 11.2. The second-order valence-corrected chi connectivity index (χ2v) is 20.2. The van der Waals surface area contributed by atoms with E-state index in [1.54, 1.807) is 0 Å². The van der Waals surface area contributed by atoms with Gasteiger partial charge in [0, 0.05) is 9.52 Å². The number of hydrogen-bond acceptors (Lipinski definition) is 0. The molecule has 0 bridgehead atoms. The van der Waals surface area contributed by atoms with Gasteiger partial charge in [-0.15, -0.1) is 44.8 Å². The molecule has 0 saturated carbocycles. The monoisotopic (exact) mass is 1020 g/mol. The molecule has 0 aliphatic heterocycles. The fourth-order valence-corrected chi connectivity index (χ4v) is 10.9. The summed E-state index contributed by atoms with van der Waals surface area (Å²) in [5, 5.41) is 15.9. The van der Waals surface area contributed by atoms with Gasteiger partial charge in [0.15, 0.2) is 0 Å². The molecule has 0 saturated heterocycles. The maximum Gasteiger partial charge on any atom is 2.00 e. The number of aryl methyl sites for hydroxylation is 2. The van der Waals surface area contributed by atoms with Crippen LogP contribution >= 0.6 is 0 Å². The van der Waals surface area contributed by atoms with Crippen LogP contribution in [0.25, 0.3) is 109 Å². The smallest absolute Gasteiger partial charge is 0.164 e. The summed E-state index contributed by atoms with van der Waals surface area (Å²) in [4.78, 5) is 0. The van der Waals surface area contributed by atoms with E-state index >= 15 is 0 Å². The van der Waals surface area contributed by atoms with Crippen LogP contribution in [0, 0.1) is 0 Å². The van der Waals surface area contributed by atoms with Crippen molar-refractivity contribution in [3.05, 3.63) is 230 Å². The predicted octanol–water partition coefficient (Wildman–Crippen LogP) is 20.6. The van der Waals surface area contributed by atoms with Crippen LogP contribution in [0.15, 0.2) is 218 Å². The summed E-state index contributed by atoms with van der Waals surface area (Å²) in [6, 6.07) is 80.8. The quantitative estimate of drug-likeness (QED) is 0.0650. The third-order valence-corrected chi connectivity index (χ3v) is 14.4. The minimum Gasteiger partial charge on any atom is -0.164 e. The molecule has 0 spiro atoms. The van der Waals surface area contributed by atoms with Gasteiger partial charge in [-0.1, -0.05) is 293 Å². The summed E-state index contributed by atoms with van der Waals surface area (Å²) in [7, 11) is 1.08. The molecule has 2 radical (unpaired) electrons. The van der Waals surface area contributed by atoms with E-state index in [0.717, 1.165) is 22.4 Å². The second kappa shape index (κ2) is 23.9. The molecule has 12 aromatic rings. The van der Waals surface area contributed by atoms with Crippen molar-refractivity contribution in [2.45, 2.75) is 78.3 Å². The Kier molecular flexibility index (Phi) is 16.7. The molecule has 0 aliphatic rings. The Morgan fingerprint density at radius 1 is 0.306 bits per heavy atom. The van der Waals surface area contributed by atoms with Crippen molar-refractivity contribution in [2.24, 2.45) is 0 Å². The van der Waals surface area contributed by atoms with Crippen molar-refractivity contribution in [1.82, 2.24) is 0 Å². The van der Waals surface area contributed by atoms with Crippen molar-refractivity contribution >= 4 is 74.2 Å². The summed E-state index contributed by atoms with van der Waals surface area (Å²) in [5.41, 5.74) is 13.5. The van der Waals surface area contributed by atoms with Gasteiger partial charge in [0.2, 0.25) is 0 Å². The first kappa shape index (κ1) is 50.5. The maximum absolute atomic E-state index is 2.46. The minimum absolute atomic E-state index is 0. The molecule has 12 aromatic carbocycles. The van der Waals surface area contributed by atoms with Crippen molar-refractivity contribution in [3.63, 3.8) is 0 Å². The van der Waals surface area contributed by atoms with Gasteiger partial charge < -0.3 is 0 Å². The van der Waals surface area contributed by atoms with Crippen LogP contribution in [0.4, 0.5) is 0 Å². The summed E-state index contributed by atoms with van der Waals surface area (Å²) in [5.74, 6) is 0. The van der Waals surface area contributed by atoms with E-state index in [9.17, 15) is 0 Å². The van der Waals surface area contributed by atoms with Crippen LogP contribution in [0.5, 0.6) is 0 Å². The number of fused-ring (bicyclic) bond motifs is 6. The third-order valence-electron chi connectivity index (χ3n) is 14.4. The first-order chi connectivity index (χ1) is 35.1. The summed E-state index contributed by atoms with van der Waals surface area (Å²) in [6.45, 7) is 8.86. The summed E-state index contributed by atoms with van der Waals surface area (Å²) >= 11 is 0. The minimum atomic E-state index is 0. The zero-order valence-electron chi connectivity index (χ0n) is 42.4. The van der Waals surface area contributed by atoms with E-state index in [1.165, 1.54) is 159 Å². The molecule has 72 heavy (non-hydrogen) atoms. The van der Waals surface area contributed by atoms with Gasteiger partial charge in [0.05, 0.1) is 0 Å². The van der Waals surface area contributed by atoms with Gasteiger partial charge in [-0.2, -0.15) is 12.1 Å². The largest absolute Gasteiger partial charge is 2.00 e. The molecule has 0 aromatic heterocycles. The molecular weight excluding hydrogens is 960 g/mol. The molecule has 0 atom stereocenters. The predicted molar refractivity (Wildman–Crippen MR) is 315 cm³/mol. The Morgan fingerprint density at radius 2 is 0.569 bits per heavy atom. The Morgan fingerprint density at radius 3 is 0.889 bits per heavy atom. The van der Waals surface area contributed by atoms with Crippen molar-refractivity contribution in [1.29, 1.82) is 0 Å². The van der Waals surface area contributed by atoms with E-state index in [4.69, 9.17) is 0 Å². The fourth-order valence-electron chi connectivity index (χ4n) is 10.9. The standard InChI is InChI=1S/2C34H29.C2H6Si.Zr/c2*1-2-3-4-11-24-22-33-31(29-18-9-14-25-12-5-7-16-27(25)29)20-21-32(34(33)23-24)30-19-10-15-26-13-6-8-17-28(26)30;1-3-2;/h2*5-10,12-23H,2-4,11H2,1H3;1-2H3;/q2*-1;;+2. The van der Waals surface area contributed by atoms with E-state index in [2.05, 4.69) is 245 Å². The Labute approximate surface area is 449 Å². The Bertz CT molecular complexity index is 3250. The van der Waals surface area contributed by atoms with Crippen LogP contribution in [-0.4, -0.2) is 9.52 Å². The maximum atomic E-state index is 2.46. The SMILES string of the molecule is CCCCCc1cc2c(-c3cccc4ccccc34)ccc(-c3cccc4ccccc34)c2[cH-]1.CCCCCc1cc2c(-c3cccc4ccccc34)ccc(-c3cccc4ccccc34)c2[cH-]1.C[Si]C.[Zr+2]. The third kappa shape index (κ3) is 10.5. The first-order valence-corrected chi connectivity index (χ1v) is 28.0. The molecule has 0 aliphatic carbocycles. The second-order valence-electron chi connectivity index (χ2n) is 19.2. The van der Waals surface area contributed by atoms with Gasteiger partial charge in [0.1, 0.15) is 0 Å². The van der Waals surface area contributed by atoms with Crippen molar-refractivity contribution in [3.8, 4) is 44.5 Å². The topological polar surface area (TPSA) is 0 Å². The fraction of sp³-hybridized carbons (Fsp3) is 0.171. The average molecular weight is 1020 g/mol. The van der Waals surface area contributed by atoms with Crippen LogP contribution in [0.3, 0.4) is 0 Å². The van der Waals surface area contributed by atoms with Gasteiger partial charge in [-0.05, 0) is 67.1 Å². The van der Waals surface area contributed by atoms with Crippen LogP contribution in [-0.2, 0) is 39.0 Å². The molecular formula is C70H64SiZr. The van der Waals surface area contributed by atoms with Crippen LogP contribution in [0.2, 0.25) is 13.1 Å². The molecule has 12 rings (SSSR count). The van der Waals surface area contributed by atoms with E-state index in [1.807, 2.05) is 0 Å². The number of benzene rings is 10. The van der Waals surface area contributed by atoms with E-state index in [0.29, 0.717) is 0 Å². The molecule has 0 heterocycles. The number of unbranched alkanes of at least 4 members (excludes halogenated alkanes) is 4. The van der Waals surface area contributed by atoms with Gasteiger partial charge in [-0.25, -0.2) is 0 Å². The van der Waals surface area contributed by atoms with Crippen molar-refractivity contribution in [2.75, 3.05) is 0 Å². The molecule has 2 heteroatoms. The molecule has 0 N–H and O–H groups in total. The van der Waals surface area contributed by atoms with Crippen LogP contribution in [0.1, 0.15) is 63.5 Å². The Hall–Kier alpha value is -6.44. The van der Waals surface area contributed by atoms with Gasteiger partial charge in [-0.3, -0.25) is 0 Å². The molecule has 0 fully saturated rings. The van der Waals surface area contributed by atoms with Crippen molar-refractivity contribution < 1.29 is 26.2 Å². The van der Waals surface area contributed by atoms with E-state index < -0.39 is 0 Å². The first-order valence-electron chi connectivity index (χ1n) is 26.0.